The van der Waals surface area contributed by atoms with Gasteiger partial charge in [-0.25, -0.2) is 0 Å². The predicted octanol–water partition coefficient (Wildman–Crippen LogP) is 2.40. The maximum atomic E-state index is 5.84. The lowest BCUT2D eigenvalue weighted by atomic mass is 10.1. The molecule has 1 N–H and O–H groups in total. The van der Waals surface area contributed by atoms with Crippen LogP contribution in [0.2, 0.25) is 5.28 Å². The van der Waals surface area contributed by atoms with Crippen LogP contribution in [-0.4, -0.2) is 40.8 Å². The minimum absolute atomic E-state index is 0.105. The van der Waals surface area contributed by atoms with Crippen molar-refractivity contribution in [3.8, 4) is 6.01 Å². The zero-order valence-electron chi connectivity index (χ0n) is 11.8. The summed E-state index contributed by atoms with van der Waals surface area (Å²) >= 11 is 5.84. The Labute approximate surface area is 118 Å². The molecule has 1 aromatic rings. The molecule has 0 saturated carbocycles. The van der Waals surface area contributed by atoms with Crippen LogP contribution in [0.3, 0.4) is 0 Å². The number of anilines is 1. The molecule has 1 aromatic heterocycles. The van der Waals surface area contributed by atoms with Crippen LogP contribution in [0.25, 0.3) is 0 Å². The third kappa shape index (κ3) is 5.57. The lowest BCUT2D eigenvalue weighted by molar-refractivity contribution is 0.126. The smallest absolute Gasteiger partial charge is 0.322 e. The fourth-order valence-electron chi connectivity index (χ4n) is 1.40. The minimum Gasteiger partial charge on any atom is -0.464 e. The predicted molar refractivity (Wildman–Crippen MR) is 74.7 cm³/mol. The van der Waals surface area contributed by atoms with Gasteiger partial charge in [-0.15, -0.1) is 0 Å². The van der Waals surface area contributed by atoms with E-state index in [0.29, 0.717) is 31.7 Å². The van der Waals surface area contributed by atoms with E-state index in [1.165, 1.54) is 0 Å². The highest BCUT2D eigenvalue weighted by atomic mass is 35.5. The first-order chi connectivity index (χ1) is 9.06. The van der Waals surface area contributed by atoms with E-state index in [4.69, 9.17) is 21.1 Å². The highest BCUT2D eigenvalue weighted by molar-refractivity contribution is 6.28. The number of hydrogen-bond donors (Lipinski definition) is 1. The van der Waals surface area contributed by atoms with Crippen molar-refractivity contribution in [2.45, 2.75) is 33.7 Å². The summed E-state index contributed by atoms with van der Waals surface area (Å²) in [6, 6.07) is 0.330. The molecule has 6 nitrogen and oxygen atoms in total. The molecule has 1 rings (SSSR count). The highest BCUT2D eigenvalue weighted by Gasteiger charge is 2.16. The lowest BCUT2D eigenvalue weighted by Gasteiger charge is -2.22. The molecule has 108 valence electrons. The number of nitrogens with zero attached hydrogens (tertiary/aromatic N) is 3. The van der Waals surface area contributed by atoms with Gasteiger partial charge in [0.2, 0.25) is 11.2 Å². The fraction of sp³-hybridized carbons (Fsp3) is 0.750. The summed E-state index contributed by atoms with van der Waals surface area (Å²) in [5.41, 5.74) is 0. The first kappa shape index (κ1) is 15.9. The van der Waals surface area contributed by atoms with E-state index < -0.39 is 0 Å². The van der Waals surface area contributed by atoms with Gasteiger partial charge < -0.3 is 14.8 Å². The average molecular weight is 289 g/mol. The Morgan fingerprint density at radius 1 is 1.16 bits per heavy atom. The van der Waals surface area contributed by atoms with E-state index in [1.807, 2.05) is 13.8 Å². The van der Waals surface area contributed by atoms with Crippen molar-refractivity contribution in [2.75, 3.05) is 25.1 Å². The summed E-state index contributed by atoms with van der Waals surface area (Å²) in [6.45, 7) is 9.76. The molecule has 0 amide bonds. The van der Waals surface area contributed by atoms with Gasteiger partial charge in [0, 0.05) is 6.61 Å². The Kier molecular flexibility index (Phi) is 6.80. The van der Waals surface area contributed by atoms with E-state index in [0.717, 1.165) is 0 Å². The van der Waals surface area contributed by atoms with Gasteiger partial charge >= 0.3 is 6.01 Å². The molecular formula is C12H21ClN4O2. The molecule has 1 heterocycles. The standard InChI is InChI=1S/C12H21ClN4O2/c1-5-18-7-9(8(3)4)14-11-15-10(13)16-12(17-11)19-6-2/h8-9H,5-7H2,1-4H3,(H,14,15,16,17). The second kappa shape index (κ2) is 8.12. The van der Waals surface area contributed by atoms with E-state index >= 15 is 0 Å². The van der Waals surface area contributed by atoms with Crippen LogP contribution in [0, 0.1) is 5.92 Å². The topological polar surface area (TPSA) is 69.2 Å². The van der Waals surface area contributed by atoms with Crippen LogP contribution >= 0.6 is 11.6 Å². The number of halogens is 1. The Hall–Kier alpha value is -1.14. The minimum atomic E-state index is 0.105. The monoisotopic (exact) mass is 288 g/mol. The molecule has 0 radical (unpaired) electrons. The Morgan fingerprint density at radius 3 is 2.47 bits per heavy atom. The molecule has 0 spiro atoms. The molecule has 0 fully saturated rings. The maximum Gasteiger partial charge on any atom is 0.322 e. The molecule has 0 bridgehead atoms. The van der Waals surface area contributed by atoms with Crippen molar-refractivity contribution >= 4 is 17.5 Å². The van der Waals surface area contributed by atoms with Crippen molar-refractivity contribution in [3.05, 3.63) is 5.28 Å². The van der Waals surface area contributed by atoms with E-state index in [-0.39, 0.29) is 17.3 Å². The van der Waals surface area contributed by atoms with Gasteiger partial charge in [0.1, 0.15) is 0 Å². The number of ether oxygens (including phenoxy) is 2. The number of hydrogen-bond acceptors (Lipinski definition) is 6. The molecule has 19 heavy (non-hydrogen) atoms. The first-order valence-electron chi connectivity index (χ1n) is 6.45. The average Bonchev–Trinajstić information content (AvgIpc) is 2.33. The Morgan fingerprint density at radius 2 is 1.89 bits per heavy atom. The Balaban J connectivity index is 2.77. The second-order valence-electron chi connectivity index (χ2n) is 4.30. The fourth-order valence-corrected chi connectivity index (χ4v) is 1.55. The molecule has 1 atom stereocenters. The van der Waals surface area contributed by atoms with Gasteiger partial charge in [-0.1, -0.05) is 13.8 Å². The molecule has 1 unspecified atom stereocenters. The van der Waals surface area contributed by atoms with Gasteiger partial charge in [0.05, 0.1) is 19.3 Å². The third-order valence-corrected chi connectivity index (χ3v) is 2.65. The number of rotatable bonds is 8. The van der Waals surface area contributed by atoms with Crippen molar-refractivity contribution in [2.24, 2.45) is 5.92 Å². The molecule has 0 aliphatic heterocycles. The van der Waals surface area contributed by atoms with Gasteiger partial charge in [-0.3, -0.25) is 0 Å². The zero-order valence-corrected chi connectivity index (χ0v) is 12.6. The normalized spacial score (nSPS) is 12.5. The molecule has 7 heteroatoms. The van der Waals surface area contributed by atoms with Crippen LogP contribution in [0.15, 0.2) is 0 Å². The number of aromatic nitrogens is 3. The van der Waals surface area contributed by atoms with Crippen LogP contribution in [0.5, 0.6) is 6.01 Å². The maximum absolute atomic E-state index is 5.84. The second-order valence-corrected chi connectivity index (χ2v) is 4.64. The van der Waals surface area contributed by atoms with Crippen LogP contribution in [0.1, 0.15) is 27.7 Å². The zero-order chi connectivity index (χ0) is 14.3. The van der Waals surface area contributed by atoms with Crippen molar-refractivity contribution < 1.29 is 9.47 Å². The first-order valence-corrected chi connectivity index (χ1v) is 6.83. The SMILES string of the molecule is CCOCC(Nc1nc(Cl)nc(OCC)n1)C(C)C. The van der Waals surface area contributed by atoms with Crippen molar-refractivity contribution in [1.29, 1.82) is 0 Å². The van der Waals surface area contributed by atoms with Gasteiger partial charge in [0.15, 0.2) is 0 Å². The quantitative estimate of drug-likeness (QED) is 0.792. The van der Waals surface area contributed by atoms with Gasteiger partial charge in [0.25, 0.3) is 0 Å². The number of nitrogens with one attached hydrogen (secondary N) is 1. The molecule has 0 aromatic carbocycles. The van der Waals surface area contributed by atoms with Gasteiger partial charge in [-0.2, -0.15) is 15.0 Å². The summed E-state index contributed by atoms with van der Waals surface area (Å²) < 4.78 is 10.7. The summed E-state index contributed by atoms with van der Waals surface area (Å²) in [6.07, 6.45) is 0. The summed E-state index contributed by atoms with van der Waals surface area (Å²) in [5, 5.41) is 3.31. The van der Waals surface area contributed by atoms with E-state index in [2.05, 4.69) is 34.1 Å². The largest absolute Gasteiger partial charge is 0.464 e. The van der Waals surface area contributed by atoms with Crippen LogP contribution in [-0.2, 0) is 4.74 Å². The highest BCUT2D eigenvalue weighted by Crippen LogP contribution is 2.14. The molecule has 0 aliphatic rings. The van der Waals surface area contributed by atoms with E-state index in [1.54, 1.807) is 0 Å². The molecular weight excluding hydrogens is 268 g/mol. The van der Waals surface area contributed by atoms with Crippen molar-refractivity contribution in [3.63, 3.8) is 0 Å². The lowest BCUT2D eigenvalue weighted by Crippen LogP contribution is -2.32. The van der Waals surface area contributed by atoms with Crippen LogP contribution in [0.4, 0.5) is 5.95 Å². The Bertz CT molecular complexity index is 390. The summed E-state index contributed by atoms with van der Waals surface area (Å²) in [5.74, 6) is 0.777. The third-order valence-electron chi connectivity index (χ3n) is 2.48. The van der Waals surface area contributed by atoms with E-state index in [9.17, 15) is 0 Å². The van der Waals surface area contributed by atoms with Crippen LogP contribution < -0.4 is 10.1 Å². The summed E-state index contributed by atoms with van der Waals surface area (Å²) in [4.78, 5) is 12.1. The molecule has 0 aliphatic carbocycles. The molecule has 0 saturated heterocycles. The summed E-state index contributed by atoms with van der Waals surface area (Å²) in [7, 11) is 0. The van der Waals surface area contributed by atoms with Crippen molar-refractivity contribution in [1.82, 2.24) is 15.0 Å². The van der Waals surface area contributed by atoms with Gasteiger partial charge in [-0.05, 0) is 31.4 Å².